The van der Waals surface area contributed by atoms with Crippen molar-refractivity contribution in [3.63, 3.8) is 0 Å². The van der Waals surface area contributed by atoms with Crippen LogP contribution in [-0.4, -0.2) is 27.7 Å². The minimum atomic E-state index is -1.28. The number of carboxylic acid groups (broad SMARTS) is 1. The van der Waals surface area contributed by atoms with Crippen LogP contribution >= 0.6 is 11.8 Å². The molecule has 0 saturated heterocycles. The quantitative estimate of drug-likeness (QED) is 0.844. The second kappa shape index (κ2) is 6.13. The van der Waals surface area contributed by atoms with Gasteiger partial charge in [0.2, 0.25) is 5.12 Å². The van der Waals surface area contributed by atoms with Crippen molar-refractivity contribution in [1.82, 2.24) is 0 Å². The molecule has 1 aromatic rings. The maximum Gasteiger partial charge on any atom is 0.505 e. The molecule has 1 aliphatic rings. The molecule has 2 rings (SSSR count). The molecule has 4 nitrogen and oxygen atoms in total. The number of hydrogen-bond acceptors (Lipinski definition) is 4. The molecule has 0 amide bonds. The van der Waals surface area contributed by atoms with Gasteiger partial charge in [-0.2, -0.15) is 0 Å². The Morgan fingerprint density at radius 1 is 1.35 bits per heavy atom. The van der Waals surface area contributed by atoms with Crippen LogP contribution in [0.4, 0.5) is 4.79 Å². The van der Waals surface area contributed by atoms with Crippen molar-refractivity contribution in [2.75, 3.05) is 6.61 Å². The zero-order chi connectivity index (χ0) is 14.6. The standard InChI is InChI=1S/C15H16O4S/c1-15(10-11-5-3-2-4-6-11)12(9-13(16)20-15)7-8-19-14(17)18/h2-6,9H,7-8,10H2,1H3,(H,17,18). The molecule has 0 spiro atoms. The lowest BCUT2D eigenvalue weighted by Gasteiger charge is -2.26. The number of benzene rings is 1. The molecule has 0 fully saturated rings. The van der Waals surface area contributed by atoms with Crippen LogP contribution in [0.3, 0.4) is 0 Å². The summed E-state index contributed by atoms with van der Waals surface area (Å²) in [7, 11) is 0. The molecule has 1 atom stereocenters. The maximum atomic E-state index is 11.7. The number of rotatable bonds is 5. The van der Waals surface area contributed by atoms with E-state index in [1.165, 1.54) is 11.8 Å². The fourth-order valence-corrected chi connectivity index (χ4v) is 3.51. The number of carbonyl (C=O) groups is 2. The summed E-state index contributed by atoms with van der Waals surface area (Å²) in [6.45, 7) is 2.10. The van der Waals surface area contributed by atoms with Crippen molar-refractivity contribution >= 4 is 23.0 Å². The first-order valence-electron chi connectivity index (χ1n) is 6.33. The summed E-state index contributed by atoms with van der Waals surface area (Å²) in [5.41, 5.74) is 2.10. The topological polar surface area (TPSA) is 63.6 Å². The second-order valence-electron chi connectivity index (χ2n) is 4.85. The van der Waals surface area contributed by atoms with E-state index < -0.39 is 6.16 Å². The fraction of sp³-hybridized carbons (Fsp3) is 0.333. The van der Waals surface area contributed by atoms with Crippen molar-refractivity contribution in [1.29, 1.82) is 0 Å². The van der Waals surface area contributed by atoms with E-state index >= 15 is 0 Å². The predicted octanol–water partition coefficient (Wildman–Crippen LogP) is 3.27. The summed E-state index contributed by atoms with van der Waals surface area (Å²) >= 11 is 1.30. The number of hydrogen-bond donors (Lipinski definition) is 1. The third kappa shape index (κ3) is 3.63. The van der Waals surface area contributed by atoms with Gasteiger partial charge in [0, 0.05) is 11.2 Å². The molecule has 5 heteroatoms. The number of thioether (sulfide) groups is 1. The van der Waals surface area contributed by atoms with Gasteiger partial charge < -0.3 is 9.84 Å². The first-order valence-corrected chi connectivity index (χ1v) is 7.15. The Bertz CT molecular complexity index is 538. The van der Waals surface area contributed by atoms with E-state index in [4.69, 9.17) is 5.11 Å². The van der Waals surface area contributed by atoms with Crippen LogP contribution in [0.15, 0.2) is 42.0 Å². The van der Waals surface area contributed by atoms with Crippen LogP contribution in [0.25, 0.3) is 0 Å². The van der Waals surface area contributed by atoms with Gasteiger partial charge in [0.1, 0.15) is 0 Å². The molecule has 1 aromatic carbocycles. The lowest BCUT2D eigenvalue weighted by atomic mass is 9.90. The first kappa shape index (κ1) is 14.7. The van der Waals surface area contributed by atoms with E-state index in [1.54, 1.807) is 6.08 Å². The lowest BCUT2D eigenvalue weighted by Crippen LogP contribution is -2.25. The first-order chi connectivity index (χ1) is 9.49. The lowest BCUT2D eigenvalue weighted by molar-refractivity contribution is -0.106. The van der Waals surface area contributed by atoms with E-state index in [0.717, 1.165) is 17.6 Å². The van der Waals surface area contributed by atoms with Gasteiger partial charge >= 0.3 is 6.16 Å². The SMILES string of the molecule is CC1(Cc2ccccc2)SC(=O)C=C1CCOC(=O)O. The van der Waals surface area contributed by atoms with Crippen molar-refractivity contribution in [3.05, 3.63) is 47.5 Å². The van der Waals surface area contributed by atoms with Gasteiger partial charge in [-0.3, -0.25) is 4.79 Å². The summed E-state index contributed by atoms with van der Waals surface area (Å²) in [6.07, 6.45) is 1.52. The number of carbonyl (C=O) groups excluding carboxylic acids is 1. The van der Waals surface area contributed by atoms with Gasteiger partial charge in [0.05, 0.1) is 6.61 Å². The second-order valence-corrected chi connectivity index (χ2v) is 6.36. The Labute approximate surface area is 121 Å². The summed E-state index contributed by atoms with van der Waals surface area (Å²) in [5.74, 6) is 0. The highest BCUT2D eigenvalue weighted by Gasteiger charge is 2.37. The average Bonchev–Trinajstić information content (AvgIpc) is 2.64. The molecule has 0 aromatic heterocycles. The minimum Gasteiger partial charge on any atom is -0.450 e. The van der Waals surface area contributed by atoms with E-state index in [1.807, 2.05) is 37.3 Å². The fourth-order valence-electron chi connectivity index (χ4n) is 2.33. The minimum absolute atomic E-state index is 0.0220. The molecule has 20 heavy (non-hydrogen) atoms. The highest BCUT2D eigenvalue weighted by atomic mass is 32.2. The molecule has 0 saturated carbocycles. The van der Waals surface area contributed by atoms with Gasteiger partial charge in [-0.05, 0) is 30.6 Å². The summed E-state index contributed by atoms with van der Waals surface area (Å²) < 4.78 is 4.22. The van der Waals surface area contributed by atoms with E-state index in [9.17, 15) is 9.59 Å². The third-order valence-electron chi connectivity index (χ3n) is 3.28. The van der Waals surface area contributed by atoms with Crippen LogP contribution < -0.4 is 0 Å². The predicted molar refractivity (Wildman–Crippen MR) is 77.8 cm³/mol. The van der Waals surface area contributed by atoms with Gasteiger partial charge in [0.25, 0.3) is 0 Å². The normalized spacial score (nSPS) is 21.6. The van der Waals surface area contributed by atoms with Crippen molar-refractivity contribution in [2.45, 2.75) is 24.5 Å². The van der Waals surface area contributed by atoms with E-state index in [2.05, 4.69) is 4.74 Å². The Balaban J connectivity index is 2.06. The molecule has 1 N–H and O–H groups in total. The average molecular weight is 292 g/mol. The maximum absolute atomic E-state index is 11.7. The van der Waals surface area contributed by atoms with Crippen molar-refractivity contribution in [2.24, 2.45) is 0 Å². The smallest absolute Gasteiger partial charge is 0.450 e. The summed E-state index contributed by atoms with van der Waals surface area (Å²) in [5, 5.41) is 8.51. The molecule has 0 radical (unpaired) electrons. The third-order valence-corrected chi connectivity index (χ3v) is 4.45. The van der Waals surface area contributed by atoms with Crippen molar-refractivity contribution in [3.8, 4) is 0 Å². The van der Waals surface area contributed by atoms with Crippen LogP contribution in [-0.2, 0) is 16.0 Å². The van der Waals surface area contributed by atoms with Gasteiger partial charge in [-0.25, -0.2) is 4.79 Å². The molecule has 0 aliphatic carbocycles. The van der Waals surface area contributed by atoms with Crippen LogP contribution in [0.1, 0.15) is 18.9 Å². The summed E-state index contributed by atoms with van der Waals surface area (Å²) in [4.78, 5) is 22.1. The molecule has 1 unspecified atom stereocenters. The molecule has 1 heterocycles. The molecule has 0 bridgehead atoms. The molecule has 1 aliphatic heterocycles. The van der Waals surface area contributed by atoms with Crippen LogP contribution in [0, 0.1) is 0 Å². The molecule has 106 valence electrons. The monoisotopic (exact) mass is 292 g/mol. The van der Waals surface area contributed by atoms with Crippen molar-refractivity contribution < 1.29 is 19.4 Å². The Morgan fingerprint density at radius 2 is 2.05 bits per heavy atom. The number of ether oxygens (including phenoxy) is 1. The Morgan fingerprint density at radius 3 is 2.70 bits per heavy atom. The van der Waals surface area contributed by atoms with E-state index in [0.29, 0.717) is 6.42 Å². The van der Waals surface area contributed by atoms with Crippen LogP contribution in [0.5, 0.6) is 0 Å². The highest BCUT2D eigenvalue weighted by Crippen LogP contribution is 2.43. The van der Waals surface area contributed by atoms with Crippen LogP contribution in [0.2, 0.25) is 0 Å². The van der Waals surface area contributed by atoms with Gasteiger partial charge in [0.15, 0.2) is 0 Å². The zero-order valence-corrected chi connectivity index (χ0v) is 12.0. The Kier molecular flexibility index (Phi) is 4.49. The molecular weight excluding hydrogens is 276 g/mol. The summed E-state index contributed by atoms with van der Waals surface area (Å²) in [6, 6.07) is 9.95. The van der Waals surface area contributed by atoms with Gasteiger partial charge in [-0.15, -0.1) is 0 Å². The molecular formula is C15H16O4S. The zero-order valence-electron chi connectivity index (χ0n) is 11.2. The highest BCUT2D eigenvalue weighted by molar-refractivity contribution is 8.15. The van der Waals surface area contributed by atoms with E-state index in [-0.39, 0.29) is 16.5 Å². The van der Waals surface area contributed by atoms with Gasteiger partial charge in [-0.1, -0.05) is 42.1 Å². The largest absolute Gasteiger partial charge is 0.505 e. The Hall–Kier alpha value is -1.75.